The number of halogens is 2. The molecule has 0 radical (unpaired) electrons. The maximum atomic E-state index is 12.0. The highest BCUT2D eigenvalue weighted by Gasteiger charge is 2.16. The lowest BCUT2D eigenvalue weighted by Crippen LogP contribution is -2.25. The molecule has 0 aliphatic heterocycles. The van der Waals surface area contributed by atoms with E-state index in [9.17, 15) is 8.42 Å². The fraction of sp³-hybridized carbons (Fsp3) is 0.455. The summed E-state index contributed by atoms with van der Waals surface area (Å²) in [4.78, 5) is 0.272. The van der Waals surface area contributed by atoms with Crippen LogP contribution in [0.4, 0.5) is 0 Å². The highest BCUT2D eigenvalue weighted by molar-refractivity contribution is 9.11. The first-order valence-corrected chi connectivity index (χ1v) is 9.72. The van der Waals surface area contributed by atoms with Crippen molar-refractivity contribution < 1.29 is 8.42 Å². The third-order valence-corrected chi connectivity index (χ3v) is 6.06. The minimum absolute atomic E-state index is 0.272. The molecule has 7 heteroatoms. The molecular weight excluding hydrogens is 402 g/mol. The maximum absolute atomic E-state index is 12.0. The van der Waals surface area contributed by atoms with Gasteiger partial charge in [-0.1, -0.05) is 22.9 Å². The van der Waals surface area contributed by atoms with Gasteiger partial charge in [0.25, 0.3) is 0 Å². The van der Waals surface area contributed by atoms with E-state index in [4.69, 9.17) is 0 Å². The Labute approximate surface area is 129 Å². The molecule has 3 nitrogen and oxygen atoms in total. The van der Waals surface area contributed by atoms with Crippen molar-refractivity contribution in [1.82, 2.24) is 4.72 Å². The molecule has 102 valence electrons. The lowest BCUT2D eigenvalue weighted by atomic mass is 10.4. The Hall–Kier alpha value is 0.440. The highest BCUT2D eigenvalue weighted by Crippen LogP contribution is 2.25. The fourth-order valence-electron chi connectivity index (χ4n) is 1.30. The molecular formula is C11H15Br2NO2S2. The van der Waals surface area contributed by atoms with E-state index >= 15 is 0 Å². The van der Waals surface area contributed by atoms with Gasteiger partial charge in [-0.2, -0.15) is 11.8 Å². The van der Waals surface area contributed by atoms with Crippen molar-refractivity contribution in [1.29, 1.82) is 0 Å². The quantitative estimate of drug-likeness (QED) is 0.690. The first-order chi connectivity index (χ1) is 8.47. The molecule has 0 bridgehead atoms. The van der Waals surface area contributed by atoms with E-state index < -0.39 is 10.0 Å². The Morgan fingerprint density at radius 2 is 2.06 bits per heavy atom. The number of benzene rings is 1. The van der Waals surface area contributed by atoms with Gasteiger partial charge in [0.15, 0.2) is 0 Å². The third kappa shape index (κ3) is 5.21. The summed E-state index contributed by atoms with van der Waals surface area (Å²) in [5.74, 6) is 2.03. The van der Waals surface area contributed by atoms with Gasteiger partial charge < -0.3 is 0 Å². The summed E-state index contributed by atoms with van der Waals surface area (Å²) in [6.07, 6.45) is 0.839. The van der Waals surface area contributed by atoms with Crippen LogP contribution in [0, 0.1) is 0 Å². The number of thioether (sulfide) groups is 1. The predicted molar refractivity (Wildman–Crippen MR) is 84.6 cm³/mol. The van der Waals surface area contributed by atoms with E-state index in [1.165, 1.54) is 0 Å². The second-order valence-electron chi connectivity index (χ2n) is 3.52. The minimum Gasteiger partial charge on any atom is -0.211 e. The van der Waals surface area contributed by atoms with Gasteiger partial charge in [0.2, 0.25) is 10.0 Å². The van der Waals surface area contributed by atoms with Crippen molar-refractivity contribution in [3.63, 3.8) is 0 Å². The van der Waals surface area contributed by atoms with Gasteiger partial charge in [-0.15, -0.1) is 0 Å². The van der Waals surface area contributed by atoms with E-state index in [1.807, 2.05) is 11.8 Å². The van der Waals surface area contributed by atoms with Crippen LogP contribution in [0.1, 0.15) is 13.3 Å². The largest absolute Gasteiger partial charge is 0.241 e. The van der Waals surface area contributed by atoms with Crippen molar-refractivity contribution in [2.75, 3.05) is 18.1 Å². The summed E-state index contributed by atoms with van der Waals surface area (Å²) in [7, 11) is -3.42. The second kappa shape index (κ2) is 7.89. The summed E-state index contributed by atoms with van der Waals surface area (Å²) < 4.78 is 28.1. The fourth-order valence-corrected chi connectivity index (χ4v) is 4.75. The second-order valence-corrected chi connectivity index (χ2v) is 8.42. The zero-order valence-electron chi connectivity index (χ0n) is 9.95. The van der Waals surface area contributed by atoms with Gasteiger partial charge >= 0.3 is 0 Å². The van der Waals surface area contributed by atoms with Gasteiger partial charge in [0.05, 0.1) is 4.90 Å². The lowest BCUT2D eigenvalue weighted by Gasteiger charge is -2.08. The van der Waals surface area contributed by atoms with E-state index in [0.717, 1.165) is 22.4 Å². The summed E-state index contributed by atoms with van der Waals surface area (Å²) in [5.41, 5.74) is 0. The molecule has 0 atom stereocenters. The van der Waals surface area contributed by atoms with Crippen molar-refractivity contribution >= 4 is 53.6 Å². The van der Waals surface area contributed by atoms with Crippen molar-refractivity contribution in [2.24, 2.45) is 0 Å². The summed E-state index contributed by atoms with van der Waals surface area (Å²) in [5, 5.41) is 0. The highest BCUT2D eigenvalue weighted by atomic mass is 79.9. The smallest absolute Gasteiger partial charge is 0.211 e. The number of rotatable bonds is 7. The van der Waals surface area contributed by atoms with Crippen LogP contribution < -0.4 is 4.72 Å². The molecule has 0 aromatic heterocycles. The van der Waals surface area contributed by atoms with Crippen LogP contribution in [0.15, 0.2) is 32.0 Å². The molecule has 0 amide bonds. The zero-order chi connectivity index (χ0) is 13.6. The molecule has 1 aromatic carbocycles. The molecule has 1 N–H and O–H groups in total. The molecule has 0 saturated heterocycles. The molecule has 0 saturated carbocycles. The molecule has 0 aliphatic carbocycles. The molecule has 1 rings (SSSR count). The van der Waals surface area contributed by atoms with Crippen LogP contribution in [0.5, 0.6) is 0 Å². The van der Waals surface area contributed by atoms with E-state index in [2.05, 4.69) is 43.5 Å². The topological polar surface area (TPSA) is 46.2 Å². The average molecular weight is 417 g/mol. The summed E-state index contributed by atoms with van der Waals surface area (Å²) in [6, 6.07) is 5.02. The molecule has 0 heterocycles. The van der Waals surface area contributed by atoms with E-state index in [0.29, 0.717) is 11.0 Å². The maximum Gasteiger partial charge on any atom is 0.241 e. The standard InChI is InChI=1S/C11H15Br2NO2S2/c1-2-17-7-3-6-14-18(15,16)11-5-4-9(12)8-10(11)13/h4-5,8,14H,2-3,6-7H2,1H3. The Kier molecular flexibility index (Phi) is 7.23. The van der Waals surface area contributed by atoms with Gasteiger partial charge in [-0.3, -0.25) is 0 Å². The first-order valence-electron chi connectivity index (χ1n) is 5.50. The van der Waals surface area contributed by atoms with Crippen molar-refractivity contribution in [2.45, 2.75) is 18.2 Å². The van der Waals surface area contributed by atoms with Gasteiger partial charge in [0.1, 0.15) is 0 Å². The number of hydrogen-bond donors (Lipinski definition) is 1. The van der Waals surface area contributed by atoms with E-state index in [-0.39, 0.29) is 4.90 Å². The third-order valence-electron chi connectivity index (χ3n) is 2.15. The summed E-state index contributed by atoms with van der Waals surface area (Å²) in [6.45, 7) is 2.56. The van der Waals surface area contributed by atoms with Gasteiger partial charge in [-0.25, -0.2) is 13.1 Å². The number of hydrogen-bond acceptors (Lipinski definition) is 3. The minimum atomic E-state index is -3.42. The SMILES string of the molecule is CCSCCCNS(=O)(=O)c1ccc(Br)cc1Br. The number of nitrogens with one attached hydrogen (secondary N) is 1. The molecule has 0 unspecified atom stereocenters. The Bertz CT molecular complexity index is 492. The van der Waals surface area contributed by atoms with Crippen LogP contribution >= 0.6 is 43.6 Å². The van der Waals surface area contributed by atoms with Crippen LogP contribution in [0.2, 0.25) is 0 Å². The zero-order valence-corrected chi connectivity index (χ0v) is 14.8. The predicted octanol–water partition coefficient (Wildman–Crippen LogP) is 3.63. The molecule has 0 fully saturated rings. The Balaban J connectivity index is 2.63. The van der Waals surface area contributed by atoms with Crippen LogP contribution in [0.3, 0.4) is 0 Å². The molecule has 18 heavy (non-hydrogen) atoms. The summed E-state index contributed by atoms with van der Waals surface area (Å²) >= 11 is 8.37. The number of sulfonamides is 1. The lowest BCUT2D eigenvalue weighted by molar-refractivity contribution is 0.580. The van der Waals surface area contributed by atoms with Crippen molar-refractivity contribution in [3.8, 4) is 0 Å². The Morgan fingerprint density at radius 3 is 2.67 bits per heavy atom. The normalized spacial score (nSPS) is 11.7. The monoisotopic (exact) mass is 415 g/mol. The van der Waals surface area contributed by atoms with Crippen LogP contribution in [0.25, 0.3) is 0 Å². The first kappa shape index (κ1) is 16.5. The van der Waals surface area contributed by atoms with Crippen molar-refractivity contribution in [3.05, 3.63) is 27.1 Å². The van der Waals surface area contributed by atoms with Gasteiger partial charge in [-0.05, 0) is 52.1 Å². The van der Waals surface area contributed by atoms with E-state index in [1.54, 1.807) is 18.2 Å². The molecule has 1 aromatic rings. The van der Waals surface area contributed by atoms with Crippen LogP contribution in [-0.4, -0.2) is 26.5 Å². The average Bonchev–Trinajstić information content (AvgIpc) is 2.28. The van der Waals surface area contributed by atoms with Gasteiger partial charge in [0, 0.05) is 15.5 Å². The van der Waals surface area contributed by atoms with Crippen LogP contribution in [-0.2, 0) is 10.0 Å². The Morgan fingerprint density at radius 1 is 1.33 bits per heavy atom. The molecule has 0 spiro atoms. The molecule has 0 aliphatic rings.